The molecule has 170 valence electrons. The van der Waals surface area contributed by atoms with Crippen molar-refractivity contribution in [2.45, 2.75) is 13.5 Å². The average Bonchev–Trinajstić information content (AvgIpc) is 3.39. The Labute approximate surface area is 199 Å². The molecule has 2 aromatic heterocycles. The van der Waals surface area contributed by atoms with Crippen LogP contribution in [0.25, 0.3) is 10.2 Å². The molecule has 0 saturated carbocycles. The lowest BCUT2D eigenvalue weighted by Gasteiger charge is -2.22. The largest absolute Gasteiger partial charge is 0.492 e. The van der Waals surface area contributed by atoms with Crippen LogP contribution < -0.4 is 9.64 Å². The highest BCUT2D eigenvalue weighted by Crippen LogP contribution is 2.35. The fourth-order valence-electron chi connectivity index (χ4n) is 3.82. The molecule has 0 atom stereocenters. The van der Waals surface area contributed by atoms with Gasteiger partial charge in [0, 0.05) is 6.20 Å². The monoisotopic (exact) mass is 472 g/mol. The van der Waals surface area contributed by atoms with Crippen molar-refractivity contribution in [1.82, 2.24) is 14.9 Å². The smallest absolute Gasteiger partial charge is 0.262 e. The van der Waals surface area contributed by atoms with Gasteiger partial charge in [0.05, 0.1) is 34.7 Å². The van der Waals surface area contributed by atoms with Crippen molar-refractivity contribution in [2.75, 3.05) is 18.1 Å². The van der Waals surface area contributed by atoms with Crippen molar-refractivity contribution in [2.24, 2.45) is 0 Å². The van der Waals surface area contributed by atoms with Gasteiger partial charge in [0.2, 0.25) is 5.91 Å². The van der Waals surface area contributed by atoms with Crippen LogP contribution in [-0.4, -0.2) is 45.7 Å². The van der Waals surface area contributed by atoms with Gasteiger partial charge in [-0.05, 0) is 43.3 Å². The number of hydrogen-bond acceptors (Lipinski definition) is 7. The lowest BCUT2D eigenvalue weighted by molar-refractivity contribution is -0.119. The first-order chi connectivity index (χ1) is 16.6. The Bertz CT molecular complexity index is 1370. The number of ether oxygens (including phenoxy) is 1. The van der Waals surface area contributed by atoms with E-state index in [4.69, 9.17) is 4.74 Å². The first kappa shape index (κ1) is 21.7. The van der Waals surface area contributed by atoms with Crippen LogP contribution in [0.4, 0.5) is 5.13 Å². The molecule has 0 bridgehead atoms. The number of rotatable bonds is 7. The van der Waals surface area contributed by atoms with Crippen LogP contribution in [0.2, 0.25) is 0 Å². The van der Waals surface area contributed by atoms with Crippen molar-refractivity contribution >= 4 is 44.4 Å². The Hall–Kier alpha value is -4.11. The zero-order valence-corrected chi connectivity index (χ0v) is 19.1. The number of carbonyl (C=O) groups is 3. The molecule has 8 nitrogen and oxygen atoms in total. The molecule has 4 aromatic rings. The Kier molecular flexibility index (Phi) is 5.77. The van der Waals surface area contributed by atoms with Gasteiger partial charge in [-0.15, -0.1) is 0 Å². The fourth-order valence-corrected chi connectivity index (χ4v) is 4.82. The number of thiazole rings is 1. The van der Waals surface area contributed by atoms with Gasteiger partial charge in [-0.3, -0.25) is 29.2 Å². The SMILES string of the molecule is CCOc1cccc2sc(N(Cc3ccccn3)C(=O)CN3C(=O)c4ccccc4C3=O)nc12. The lowest BCUT2D eigenvalue weighted by Crippen LogP contribution is -2.42. The van der Waals surface area contributed by atoms with Gasteiger partial charge in [-0.2, -0.15) is 0 Å². The molecule has 3 amide bonds. The summed E-state index contributed by atoms with van der Waals surface area (Å²) in [6, 6.07) is 17.6. The van der Waals surface area contributed by atoms with E-state index in [1.807, 2.05) is 31.2 Å². The summed E-state index contributed by atoms with van der Waals surface area (Å²) in [4.78, 5) is 50.6. The summed E-state index contributed by atoms with van der Waals surface area (Å²) in [5, 5.41) is 0.439. The Morgan fingerprint density at radius 3 is 2.41 bits per heavy atom. The lowest BCUT2D eigenvalue weighted by atomic mass is 10.1. The molecule has 0 radical (unpaired) electrons. The number of amides is 3. The summed E-state index contributed by atoms with van der Waals surface area (Å²) in [5.74, 6) is -0.755. The van der Waals surface area contributed by atoms with Gasteiger partial charge in [0.25, 0.3) is 11.8 Å². The number of nitrogens with zero attached hydrogens (tertiary/aromatic N) is 4. The molecule has 34 heavy (non-hydrogen) atoms. The minimum absolute atomic E-state index is 0.145. The van der Waals surface area contributed by atoms with E-state index in [0.29, 0.717) is 39.8 Å². The molecule has 0 spiro atoms. The summed E-state index contributed by atoms with van der Waals surface area (Å²) in [6.07, 6.45) is 1.65. The van der Waals surface area contributed by atoms with E-state index in [1.54, 1.807) is 42.6 Å². The highest BCUT2D eigenvalue weighted by atomic mass is 32.1. The van der Waals surface area contributed by atoms with Crippen LogP contribution in [0.1, 0.15) is 33.3 Å². The molecule has 0 saturated heterocycles. The van der Waals surface area contributed by atoms with Crippen LogP contribution >= 0.6 is 11.3 Å². The number of anilines is 1. The molecular formula is C25H20N4O4S. The van der Waals surface area contributed by atoms with Crippen molar-refractivity contribution in [3.8, 4) is 5.75 Å². The van der Waals surface area contributed by atoms with Gasteiger partial charge in [0.1, 0.15) is 17.8 Å². The molecule has 0 fully saturated rings. The summed E-state index contributed by atoms with van der Waals surface area (Å²) < 4.78 is 6.55. The zero-order chi connectivity index (χ0) is 23.7. The molecule has 1 aliphatic rings. The topological polar surface area (TPSA) is 92.7 Å². The summed E-state index contributed by atoms with van der Waals surface area (Å²) in [6.45, 7) is 2.13. The summed E-state index contributed by atoms with van der Waals surface area (Å²) in [7, 11) is 0. The zero-order valence-electron chi connectivity index (χ0n) is 18.3. The molecule has 2 aromatic carbocycles. The second-order valence-corrected chi connectivity index (χ2v) is 8.58. The number of pyridine rings is 1. The quantitative estimate of drug-likeness (QED) is 0.379. The van der Waals surface area contributed by atoms with Crippen LogP contribution in [-0.2, 0) is 11.3 Å². The second-order valence-electron chi connectivity index (χ2n) is 7.58. The van der Waals surface area contributed by atoms with Crippen molar-refractivity contribution < 1.29 is 19.1 Å². The minimum Gasteiger partial charge on any atom is -0.492 e. The molecule has 0 N–H and O–H groups in total. The van der Waals surface area contributed by atoms with E-state index in [1.165, 1.54) is 16.2 Å². The number of benzene rings is 2. The Morgan fingerprint density at radius 2 is 1.74 bits per heavy atom. The maximum absolute atomic E-state index is 13.5. The van der Waals surface area contributed by atoms with E-state index in [9.17, 15) is 14.4 Å². The van der Waals surface area contributed by atoms with Crippen molar-refractivity contribution in [3.63, 3.8) is 0 Å². The predicted octanol–water partition coefficient (Wildman–Crippen LogP) is 3.92. The highest BCUT2D eigenvalue weighted by molar-refractivity contribution is 7.22. The number of para-hydroxylation sites is 1. The third-order valence-corrected chi connectivity index (χ3v) is 6.46. The van der Waals surface area contributed by atoms with Crippen LogP contribution in [0.15, 0.2) is 66.9 Å². The van der Waals surface area contributed by atoms with Crippen LogP contribution in [0, 0.1) is 0 Å². The number of imide groups is 1. The third kappa shape index (κ3) is 3.90. The van der Waals surface area contributed by atoms with E-state index >= 15 is 0 Å². The standard InChI is InChI=1S/C25H20N4O4S/c1-2-33-19-11-7-12-20-22(19)27-25(34-20)28(14-16-8-5-6-13-26-16)21(30)15-29-23(31)17-9-3-4-10-18(17)24(29)32/h3-13H,2,14-15H2,1H3. The van der Waals surface area contributed by atoms with E-state index < -0.39 is 24.3 Å². The molecule has 3 heterocycles. The maximum atomic E-state index is 13.5. The van der Waals surface area contributed by atoms with Gasteiger partial charge in [-0.25, -0.2) is 4.98 Å². The van der Waals surface area contributed by atoms with Crippen LogP contribution in [0.5, 0.6) is 5.75 Å². The number of hydrogen-bond donors (Lipinski definition) is 0. The molecule has 0 aliphatic carbocycles. The molecular weight excluding hydrogens is 452 g/mol. The third-order valence-electron chi connectivity index (χ3n) is 5.42. The second kappa shape index (κ2) is 9.03. The molecule has 1 aliphatic heterocycles. The van der Waals surface area contributed by atoms with E-state index in [0.717, 1.165) is 9.60 Å². The van der Waals surface area contributed by atoms with Gasteiger partial charge in [0.15, 0.2) is 5.13 Å². The predicted molar refractivity (Wildman–Crippen MR) is 128 cm³/mol. The molecule has 5 rings (SSSR count). The number of carbonyl (C=O) groups excluding carboxylic acids is 3. The normalized spacial score (nSPS) is 12.8. The van der Waals surface area contributed by atoms with E-state index in [-0.39, 0.29) is 6.54 Å². The Balaban J connectivity index is 1.49. The molecule has 0 unspecified atom stereocenters. The summed E-state index contributed by atoms with van der Waals surface area (Å²) >= 11 is 1.34. The fraction of sp³-hybridized carbons (Fsp3) is 0.160. The van der Waals surface area contributed by atoms with Gasteiger partial charge >= 0.3 is 0 Å². The number of aromatic nitrogens is 2. The minimum atomic E-state index is -0.477. The van der Waals surface area contributed by atoms with Gasteiger partial charge in [-0.1, -0.05) is 35.6 Å². The maximum Gasteiger partial charge on any atom is 0.262 e. The van der Waals surface area contributed by atoms with Crippen molar-refractivity contribution in [1.29, 1.82) is 0 Å². The first-order valence-corrected chi connectivity index (χ1v) is 11.6. The van der Waals surface area contributed by atoms with E-state index in [2.05, 4.69) is 9.97 Å². The average molecular weight is 473 g/mol. The molecule has 9 heteroatoms. The Morgan fingerprint density at radius 1 is 1.00 bits per heavy atom. The highest BCUT2D eigenvalue weighted by Gasteiger charge is 2.37. The number of fused-ring (bicyclic) bond motifs is 2. The first-order valence-electron chi connectivity index (χ1n) is 10.7. The van der Waals surface area contributed by atoms with Gasteiger partial charge < -0.3 is 4.74 Å². The van der Waals surface area contributed by atoms with Crippen LogP contribution in [0.3, 0.4) is 0 Å². The summed E-state index contributed by atoms with van der Waals surface area (Å²) in [5.41, 5.74) is 1.92. The van der Waals surface area contributed by atoms with Crippen molar-refractivity contribution in [3.05, 3.63) is 83.7 Å².